The summed E-state index contributed by atoms with van der Waals surface area (Å²) in [5, 5.41) is 12.8. The Hall–Kier alpha value is -1.22. The van der Waals surface area contributed by atoms with Crippen molar-refractivity contribution in [3.8, 4) is 0 Å². The molecule has 3 nitrogen and oxygen atoms in total. The van der Waals surface area contributed by atoms with Gasteiger partial charge in [0.25, 0.3) is 0 Å². The Balaban J connectivity index is 2.55. The van der Waals surface area contributed by atoms with Crippen molar-refractivity contribution in [2.24, 2.45) is 11.8 Å². The molecule has 0 saturated carbocycles. The Morgan fingerprint density at radius 2 is 1.94 bits per heavy atom. The number of hydrogen-bond acceptors (Lipinski definition) is 2. The lowest BCUT2D eigenvalue weighted by Gasteiger charge is -2.17. The van der Waals surface area contributed by atoms with Gasteiger partial charge in [0, 0.05) is 17.3 Å². The number of carbonyl (C=O) groups is 1. The Labute approximate surface area is 100 Å². The Kier molecular flexibility index (Phi) is 4.62. The molecule has 0 spiro atoms. The van der Waals surface area contributed by atoms with E-state index in [4.69, 9.17) is 16.7 Å². The number of nitrogens with one attached hydrogen (secondary N) is 1. The van der Waals surface area contributed by atoms with Crippen LogP contribution in [0.4, 0.5) is 5.69 Å². The topological polar surface area (TPSA) is 49.3 Å². The molecule has 0 fully saturated rings. The van der Waals surface area contributed by atoms with Crippen LogP contribution in [0, 0.1) is 11.8 Å². The van der Waals surface area contributed by atoms with Gasteiger partial charge in [-0.15, -0.1) is 0 Å². The fourth-order valence-electron chi connectivity index (χ4n) is 1.40. The molecule has 1 aromatic carbocycles. The highest BCUT2D eigenvalue weighted by Crippen LogP contribution is 2.16. The molecule has 0 bridgehead atoms. The van der Waals surface area contributed by atoms with Crippen LogP contribution in [0.2, 0.25) is 5.02 Å². The van der Waals surface area contributed by atoms with Gasteiger partial charge in [0.05, 0.1) is 5.92 Å². The van der Waals surface area contributed by atoms with E-state index in [0.717, 1.165) is 5.69 Å². The smallest absolute Gasteiger partial charge is 0.308 e. The molecule has 4 heteroatoms. The molecule has 1 unspecified atom stereocenters. The summed E-state index contributed by atoms with van der Waals surface area (Å²) in [5.74, 6) is -1.04. The molecule has 0 saturated heterocycles. The van der Waals surface area contributed by atoms with Gasteiger partial charge in [0.2, 0.25) is 0 Å². The van der Waals surface area contributed by atoms with Crippen LogP contribution in [0.5, 0.6) is 0 Å². The van der Waals surface area contributed by atoms with Gasteiger partial charge in [-0.25, -0.2) is 0 Å². The van der Waals surface area contributed by atoms with E-state index in [1.165, 1.54) is 0 Å². The van der Waals surface area contributed by atoms with Gasteiger partial charge in [-0.1, -0.05) is 25.4 Å². The third-order valence-corrected chi connectivity index (χ3v) is 2.74. The van der Waals surface area contributed by atoms with Gasteiger partial charge in [0.1, 0.15) is 0 Å². The minimum atomic E-state index is -0.767. The second-order valence-electron chi connectivity index (χ2n) is 4.08. The highest BCUT2D eigenvalue weighted by molar-refractivity contribution is 6.30. The van der Waals surface area contributed by atoms with E-state index in [9.17, 15) is 4.79 Å². The summed E-state index contributed by atoms with van der Waals surface area (Å²) in [4.78, 5) is 11.0. The largest absolute Gasteiger partial charge is 0.481 e. The number of halogens is 1. The van der Waals surface area contributed by atoms with Crippen LogP contribution in [0.3, 0.4) is 0 Å². The Morgan fingerprint density at radius 1 is 1.38 bits per heavy atom. The fraction of sp³-hybridized carbons (Fsp3) is 0.417. The number of hydrogen-bond donors (Lipinski definition) is 2. The van der Waals surface area contributed by atoms with Crippen molar-refractivity contribution >= 4 is 23.3 Å². The van der Waals surface area contributed by atoms with Gasteiger partial charge >= 0.3 is 5.97 Å². The van der Waals surface area contributed by atoms with Crippen LogP contribution in [0.25, 0.3) is 0 Å². The van der Waals surface area contributed by atoms with E-state index in [1.807, 2.05) is 26.0 Å². The zero-order chi connectivity index (χ0) is 12.1. The molecule has 2 N–H and O–H groups in total. The molecule has 0 amide bonds. The van der Waals surface area contributed by atoms with Gasteiger partial charge in [-0.2, -0.15) is 0 Å². The zero-order valence-corrected chi connectivity index (χ0v) is 10.2. The Morgan fingerprint density at radius 3 is 2.38 bits per heavy atom. The maximum Gasteiger partial charge on any atom is 0.308 e. The molecular weight excluding hydrogens is 226 g/mol. The second kappa shape index (κ2) is 5.75. The molecule has 0 aliphatic rings. The van der Waals surface area contributed by atoms with Crippen molar-refractivity contribution in [2.75, 3.05) is 11.9 Å². The standard InChI is InChI=1S/C12H16ClNO2/c1-8(2)11(12(15)16)7-14-10-5-3-9(13)4-6-10/h3-6,8,11,14H,7H2,1-2H3,(H,15,16). The van der Waals surface area contributed by atoms with Gasteiger partial charge in [-0.05, 0) is 30.2 Å². The third-order valence-electron chi connectivity index (χ3n) is 2.49. The normalized spacial score (nSPS) is 12.5. The molecule has 0 heterocycles. The van der Waals surface area contributed by atoms with Crippen molar-refractivity contribution in [3.05, 3.63) is 29.3 Å². The van der Waals surface area contributed by atoms with Crippen molar-refractivity contribution in [2.45, 2.75) is 13.8 Å². The molecule has 16 heavy (non-hydrogen) atoms. The first kappa shape index (κ1) is 12.8. The maximum absolute atomic E-state index is 11.0. The third kappa shape index (κ3) is 3.74. The lowest BCUT2D eigenvalue weighted by atomic mass is 9.96. The highest BCUT2D eigenvalue weighted by Gasteiger charge is 2.20. The lowest BCUT2D eigenvalue weighted by Crippen LogP contribution is -2.27. The monoisotopic (exact) mass is 241 g/mol. The van der Waals surface area contributed by atoms with Crippen molar-refractivity contribution in [1.82, 2.24) is 0 Å². The first-order valence-corrected chi connectivity index (χ1v) is 5.60. The molecule has 1 rings (SSSR count). The van der Waals surface area contributed by atoms with Gasteiger partial charge in [0.15, 0.2) is 0 Å². The zero-order valence-electron chi connectivity index (χ0n) is 9.40. The van der Waals surface area contributed by atoms with Crippen LogP contribution >= 0.6 is 11.6 Å². The fourth-order valence-corrected chi connectivity index (χ4v) is 1.53. The Bertz CT molecular complexity index is 349. The average Bonchev–Trinajstić information content (AvgIpc) is 2.20. The van der Waals surface area contributed by atoms with Gasteiger partial charge < -0.3 is 10.4 Å². The van der Waals surface area contributed by atoms with Crippen molar-refractivity contribution in [1.29, 1.82) is 0 Å². The minimum absolute atomic E-state index is 0.109. The number of rotatable bonds is 5. The number of aliphatic carboxylic acids is 1. The maximum atomic E-state index is 11.0. The van der Waals surface area contributed by atoms with Crippen LogP contribution < -0.4 is 5.32 Å². The van der Waals surface area contributed by atoms with E-state index in [-0.39, 0.29) is 11.8 Å². The van der Waals surface area contributed by atoms with Crippen LogP contribution in [-0.4, -0.2) is 17.6 Å². The summed E-state index contributed by atoms with van der Waals surface area (Å²) in [7, 11) is 0. The molecule has 88 valence electrons. The number of carboxylic acid groups (broad SMARTS) is 1. The van der Waals surface area contributed by atoms with E-state index in [1.54, 1.807) is 12.1 Å². The molecule has 1 aromatic rings. The van der Waals surface area contributed by atoms with Crippen molar-refractivity contribution in [3.63, 3.8) is 0 Å². The van der Waals surface area contributed by atoms with Crippen LogP contribution in [0.1, 0.15) is 13.8 Å². The van der Waals surface area contributed by atoms with Crippen LogP contribution in [-0.2, 0) is 4.79 Å². The molecule has 0 radical (unpaired) electrons. The first-order chi connectivity index (χ1) is 7.50. The molecule has 0 aliphatic heterocycles. The summed E-state index contributed by atoms with van der Waals surface area (Å²) in [6.45, 7) is 4.24. The number of anilines is 1. The number of carboxylic acids is 1. The lowest BCUT2D eigenvalue weighted by molar-refractivity contribution is -0.142. The van der Waals surface area contributed by atoms with E-state index in [2.05, 4.69) is 5.32 Å². The van der Waals surface area contributed by atoms with Gasteiger partial charge in [-0.3, -0.25) is 4.79 Å². The summed E-state index contributed by atoms with van der Waals surface area (Å²) in [5.41, 5.74) is 0.885. The first-order valence-electron chi connectivity index (χ1n) is 5.23. The highest BCUT2D eigenvalue weighted by atomic mass is 35.5. The predicted octanol–water partition coefficient (Wildman–Crippen LogP) is 3.11. The number of benzene rings is 1. The van der Waals surface area contributed by atoms with E-state index < -0.39 is 5.97 Å². The summed E-state index contributed by atoms with van der Waals surface area (Å²) in [6.07, 6.45) is 0. The quantitative estimate of drug-likeness (QED) is 0.833. The van der Waals surface area contributed by atoms with E-state index >= 15 is 0 Å². The summed E-state index contributed by atoms with van der Waals surface area (Å²) in [6, 6.07) is 7.22. The van der Waals surface area contributed by atoms with Crippen LogP contribution in [0.15, 0.2) is 24.3 Å². The second-order valence-corrected chi connectivity index (χ2v) is 4.51. The summed E-state index contributed by atoms with van der Waals surface area (Å²) >= 11 is 5.75. The van der Waals surface area contributed by atoms with E-state index in [0.29, 0.717) is 11.6 Å². The molecule has 0 aromatic heterocycles. The van der Waals surface area contributed by atoms with Crippen molar-refractivity contribution < 1.29 is 9.90 Å². The summed E-state index contributed by atoms with van der Waals surface area (Å²) < 4.78 is 0. The minimum Gasteiger partial charge on any atom is -0.481 e. The predicted molar refractivity (Wildman–Crippen MR) is 65.9 cm³/mol. The SMILES string of the molecule is CC(C)C(CNc1ccc(Cl)cc1)C(=O)O. The molecule has 0 aliphatic carbocycles. The molecule has 1 atom stereocenters. The average molecular weight is 242 g/mol. The molecular formula is C12H16ClNO2.